The number of aryl methyl sites for hydroxylation is 2. The first-order valence-electron chi connectivity index (χ1n) is 10.7. The molecular weight excluding hydrogens is 409 g/mol. The Morgan fingerprint density at radius 3 is 2.59 bits per heavy atom. The van der Waals surface area contributed by atoms with E-state index < -0.39 is 5.82 Å². The van der Waals surface area contributed by atoms with Gasteiger partial charge < -0.3 is 19.6 Å². The highest BCUT2D eigenvalue weighted by Gasteiger charge is 2.36. The molecule has 8 nitrogen and oxygen atoms in total. The Balaban J connectivity index is 1.39. The van der Waals surface area contributed by atoms with E-state index in [1.165, 1.54) is 13.2 Å². The van der Waals surface area contributed by atoms with Gasteiger partial charge in [-0.2, -0.15) is 0 Å². The zero-order chi connectivity index (χ0) is 22.5. The van der Waals surface area contributed by atoms with Crippen molar-refractivity contribution in [2.24, 2.45) is 0 Å². The van der Waals surface area contributed by atoms with Crippen LogP contribution in [0.25, 0.3) is 22.3 Å². The number of hydrogen-bond acceptors (Lipinski definition) is 6. The number of imidazole rings is 1. The summed E-state index contributed by atoms with van der Waals surface area (Å²) in [4.78, 5) is 26.9. The van der Waals surface area contributed by atoms with Gasteiger partial charge in [-0.1, -0.05) is 6.92 Å². The van der Waals surface area contributed by atoms with Crippen molar-refractivity contribution in [2.45, 2.75) is 39.0 Å². The number of anilines is 1. The predicted molar refractivity (Wildman–Crippen MR) is 120 cm³/mol. The topological polar surface area (TPSA) is 95.6 Å². The summed E-state index contributed by atoms with van der Waals surface area (Å²) in [6.07, 6.45) is 5.05. The van der Waals surface area contributed by atoms with E-state index in [1.54, 1.807) is 12.5 Å². The molecule has 9 heteroatoms. The Labute approximate surface area is 185 Å². The first-order valence-corrected chi connectivity index (χ1v) is 10.7. The van der Waals surface area contributed by atoms with E-state index >= 15 is 0 Å². The molecule has 4 aromatic rings. The minimum Gasteiger partial charge on any atom is -0.479 e. The third-order valence-corrected chi connectivity index (χ3v) is 6.44. The van der Waals surface area contributed by atoms with Crippen molar-refractivity contribution in [2.75, 3.05) is 25.1 Å². The van der Waals surface area contributed by atoms with Crippen LogP contribution < -0.4 is 9.64 Å². The van der Waals surface area contributed by atoms with Crippen LogP contribution in [0.4, 0.5) is 10.2 Å². The second-order valence-corrected chi connectivity index (χ2v) is 8.73. The number of aromatic nitrogens is 6. The molecule has 0 unspecified atom stereocenters. The zero-order valence-corrected chi connectivity index (χ0v) is 18.7. The largest absolute Gasteiger partial charge is 0.479 e. The summed E-state index contributed by atoms with van der Waals surface area (Å²) in [5.41, 5.74) is 4.08. The number of H-pyrrole nitrogens is 2. The van der Waals surface area contributed by atoms with Crippen molar-refractivity contribution < 1.29 is 9.13 Å². The molecule has 5 heterocycles. The normalized spacial score (nSPS) is 16.0. The molecule has 0 saturated carbocycles. The van der Waals surface area contributed by atoms with Gasteiger partial charge in [0, 0.05) is 41.7 Å². The van der Waals surface area contributed by atoms with Gasteiger partial charge in [0.1, 0.15) is 23.6 Å². The molecule has 2 N–H and O–H groups in total. The highest BCUT2D eigenvalue weighted by Crippen LogP contribution is 2.37. The predicted octanol–water partition coefficient (Wildman–Crippen LogP) is 4.07. The Bertz CT molecular complexity index is 1290. The Morgan fingerprint density at radius 1 is 1.09 bits per heavy atom. The number of ether oxygens (including phenoxy) is 1. The Hall–Kier alpha value is -3.49. The third-order valence-electron chi connectivity index (χ3n) is 6.44. The van der Waals surface area contributed by atoms with E-state index in [1.807, 2.05) is 13.8 Å². The summed E-state index contributed by atoms with van der Waals surface area (Å²) in [6.45, 7) is 7.94. The minimum atomic E-state index is -0.496. The number of nitrogens with one attached hydrogen (secondary N) is 2. The lowest BCUT2D eigenvalue weighted by molar-refractivity contribution is 0.345. The highest BCUT2D eigenvalue weighted by atomic mass is 19.1. The lowest BCUT2D eigenvalue weighted by atomic mass is 9.79. The van der Waals surface area contributed by atoms with Crippen LogP contribution in [-0.4, -0.2) is 50.1 Å². The molecule has 166 valence electrons. The molecule has 0 spiro atoms. The summed E-state index contributed by atoms with van der Waals surface area (Å²) in [6, 6.07) is 3.52. The molecule has 32 heavy (non-hydrogen) atoms. The summed E-state index contributed by atoms with van der Waals surface area (Å²) in [7, 11) is 1.40. The second kappa shape index (κ2) is 7.58. The van der Waals surface area contributed by atoms with E-state index in [-0.39, 0.29) is 11.3 Å². The number of hydrogen-bond donors (Lipinski definition) is 2. The third kappa shape index (κ3) is 3.37. The lowest BCUT2D eigenvalue weighted by Gasteiger charge is -2.38. The smallest absolute Gasteiger partial charge is 0.250 e. The average molecular weight is 436 g/mol. The quantitative estimate of drug-likeness (QED) is 0.502. The van der Waals surface area contributed by atoms with Gasteiger partial charge in [0.15, 0.2) is 5.82 Å². The van der Waals surface area contributed by atoms with Crippen LogP contribution in [0.3, 0.4) is 0 Å². The van der Waals surface area contributed by atoms with E-state index in [0.29, 0.717) is 5.56 Å². The average Bonchev–Trinajstić information content (AvgIpc) is 3.36. The maximum atomic E-state index is 14.2. The standard InChI is InChI=1S/C23H26FN7O/c1-13-9-16-19(28-13)26-12-27-20(16)31-7-5-23(3,6-8-31)22-29-14(2)18(30-22)15-10-17(24)21(32-4)25-11-15/h9-12H,5-8H2,1-4H3,(H,29,30)(H,26,27,28). The molecule has 0 aliphatic carbocycles. The van der Waals surface area contributed by atoms with Gasteiger partial charge in [0.25, 0.3) is 0 Å². The first kappa shape index (κ1) is 20.4. The highest BCUT2D eigenvalue weighted by molar-refractivity contribution is 5.88. The molecule has 0 aromatic carbocycles. The van der Waals surface area contributed by atoms with Gasteiger partial charge in [0.05, 0.1) is 18.2 Å². The van der Waals surface area contributed by atoms with E-state index in [4.69, 9.17) is 9.72 Å². The summed E-state index contributed by atoms with van der Waals surface area (Å²) >= 11 is 0. The SMILES string of the molecule is COc1ncc(-c2nc(C3(C)CCN(c4ncnc5[nH]c(C)cc45)CC3)[nH]c2C)cc1F. The zero-order valence-electron chi connectivity index (χ0n) is 18.7. The van der Waals surface area contributed by atoms with Crippen LogP contribution in [0.2, 0.25) is 0 Å². The van der Waals surface area contributed by atoms with Crippen molar-refractivity contribution in [3.05, 3.63) is 47.7 Å². The number of nitrogens with zero attached hydrogens (tertiary/aromatic N) is 5. The van der Waals surface area contributed by atoms with Gasteiger partial charge in [-0.05, 0) is 38.8 Å². The Morgan fingerprint density at radius 2 is 1.88 bits per heavy atom. The number of methoxy groups -OCH3 is 1. The second-order valence-electron chi connectivity index (χ2n) is 8.73. The van der Waals surface area contributed by atoms with Crippen molar-refractivity contribution in [3.8, 4) is 17.1 Å². The molecule has 1 aliphatic heterocycles. The summed E-state index contributed by atoms with van der Waals surface area (Å²) < 4.78 is 19.1. The molecule has 5 rings (SSSR count). The number of rotatable bonds is 4. The summed E-state index contributed by atoms with van der Waals surface area (Å²) in [5, 5.41) is 1.05. The van der Waals surface area contributed by atoms with Gasteiger partial charge in [-0.25, -0.2) is 24.3 Å². The number of halogens is 1. The molecule has 0 radical (unpaired) electrons. The summed E-state index contributed by atoms with van der Waals surface area (Å²) in [5.74, 6) is 1.38. The van der Waals surface area contributed by atoms with Crippen molar-refractivity contribution >= 4 is 16.9 Å². The van der Waals surface area contributed by atoms with Crippen LogP contribution in [0.1, 0.15) is 37.0 Å². The fourth-order valence-electron chi connectivity index (χ4n) is 4.49. The first-order chi connectivity index (χ1) is 15.4. The number of piperidine rings is 1. The van der Waals surface area contributed by atoms with Crippen LogP contribution in [0.5, 0.6) is 5.88 Å². The fourth-order valence-corrected chi connectivity index (χ4v) is 4.49. The van der Waals surface area contributed by atoms with Crippen LogP contribution in [-0.2, 0) is 5.41 Å². The van der Waals surface area contributed by atoms with Crippen molar-refractivity contribution in [3.63, 3.8) is 0 Å². The van der Waals surface area contributed by atoms with Crippen LogP contribution in [0.15, 0.2) is 24.7 Å². The molecule has 0 amide bonds. The van der Waals surface area contributed by atoms with E-state index in [2.05, 4.69) is 42.8 Å². The molecule has 4 aromatic heterocycles. The van der Waals surface area contributed by atoms with Gasteiger partial charge in [0.2, 0.25) is 5.88 Å². The van der Waals surface area contributed by atoms with Crippen LogP contribution >= 0.6 is 0 Å². The molecule has 1 aliphatic rings. The maximum absolute atomic E-state index is 14.2. The monoisotopic (exact) mass is 435 g/mol. The van der Waals surface area contributed by atoms with E-state index in [9.17, 15) is 4.39 Å². The molecule has 1 saturated heterocycles. The molecular formula is C23H26FN7O. The molecule has 0 atom stereocenters. The fraction of sp³-hybridized carbons (Fsp3) is 0.391. The van der Waals surface area contributed by atoms with Crippen LogP contribution in [0, 0.1) is 19.7 Å². The lowest BCUT2D eigenvalue weighted by Crippen LogP contribution is -2.42. The maximum Gasteiger partial charge on any atom is 0.250 e. The number of fused-ring (bicyclic) bond motifs is 1. The van der Waals surface area contributed by atoms with E-state index in [0.717, 1.165) is 65.7 Å². The minimum absolute atomic E-state index is 0.0158. The van der Waals surface area contributed by atoms with Gasteiger partial charge >= 0.3 is 0 Å². The number of pyridine rings is 1. The molecule has 0 bridgehead atoms. The number of aromatic amines is 2. The molecule has 1 fully saturated rings. The van der Waals surface area contributed by atoms with Gasteiger partial charge in [-0.3, -0.25) is 0 Å². The van der Waals surface area contributed by atoms with Gasteiger partial charge in [-0.15, -0.1) is 0 Å². The van der Waals surface area contributed by atoms with Crippen molar-refractivity contribution in [1.82, 2.24) is 29.9 Å². The van der Waals surface area contributed by atoms with Crippen molar-refractivity contribution in [1.29, 1.82) is 0 Å². The Kier molecular flexibility index (Phi) is 4.83.